The van der Waals surface area contributed by atoms with Crippen molar-refractivity contribution in [3.05, 3.63) is 77.5 Å². The number of fused-ring (bicyclic) bond motifs is 3. The molecule has 0 atom stereocenters. The first-order chi connectivity index (χ1) is 11.4. The number of hydrogen-bond acceptors (Lipinski definition) is 0. The standard InChI is InChI=1S/C22H22N/c1-15-12-13-17-16-9-5-6-10-18(16)22(2,3)21(17)20(15)19-11-7-8-14-23(19)4/h5-14H,1-4H3/q+1/i10D. The van der Waals surface area contributed by atoms with Crippen LogP contribution in [0.15, 0.2) is 60.8 Å². The van der Waals surface area contributed by atoms with Crippen LogP contribution in [-0.4, -0.2) is 0 Å². The number of nitrogens with zero attached hydrogens (tertiary/aromatic N) is 1. The molecule has 23 heavy (non-hydrogen) atoms. The quantitative estimate of drug-likeness (QED) is 0.569. The SMILES string of the molecule is [2H]c1cccc2c1C(C)(C)c1c-2ccc(C)c1-c1cccc[n+]1C. The highest BCUT2D eigenvalue weighted by atomic mass is 14.9. The van der Waals surface area contributed by atoms with Gasteiger partial charge in [0.05, 0.1) is 6.93 Å². The predicted molar refractivity (Wildman–Crippen MR) is 95.4 cm³/mol. The number of pyridine rings is 1. The molecule has 2 aromatic carbocycles. The zero-order valence-electron chi connectivity index (χ0n) is 15.1. The summed E-state index contributed by atoms with van der Waals surface area (Å²) >= 11 is 0. The Morgan fingerprint density at radius 3 is 2.52 bits per heavy atom. The molecular weight excluding hydrogens is 278 g/mol. The van der Waals surface area contributed by atoms with E-state index in [2.05, 4.69) is 75.0 Å². The average Bonchev–Trinajstić information content (AvgIpc) is 2.78. The van der Waals surface area contributed by atoms with Crippen LogP contribution >= 0.6 is 0 Å². The van der Waals surface area contributed by atoms with E-state index in [4.69, 9.17) is 1.37 Å². The van der Waals surface area contributed by atoms with E-state index in [0.717, 1.165) is 5.56 Å². The van der Waals surface area contributed by atoms with Crippen LogP contribution in [0.1, 0.15) is 31.9 Å². The topological polar surface area (TPSA) is 3.88 Å². The molecule has 1 heterocycles. The summed E-state index contributed by atoms with van der Waals surface area (Å²) in [5, 5.41) is 0. The number of hydrogen-bond donors (Lipinski definition) is 0. The van der Waals surface area contributed by atoms with E-state index < -0.39 is 0 Å². The third kappa shape index (κ3) is 1.89. The first-order valence-electron chi connectivity index (χ1n) is 8.62. The third-order valence-corrected chi connectivity index (χ3v) is 5.12. The van der Waals surface area contributed by atoms with Gasteiger partial charge in [0.2, 0.25) is 5.69 Å². The summed E-state index contributed by atoms with van der Waals surface area (Å²) < 4.78 is 10.6. The number of benzene rings is 2. The van der Waals surface area contributed by atoms with Crippen LogP contribution in [-0.2, 0) is 12.5 Å². The minimum atomic E-state index is -0.173. The summed E-state index contributed by atoms with van der Waals surface area (Å²) in [6.45, 7) is 6.69. The molecule has 1 aliphatic carbocycles. The molecule has 0 N–H and O–H groups in total. The number of aromatic nitrogens is 1. The predicted octanol–water partition coefficient (Wildman–Crippen LogP) is 4.79. The van der Waals surface area contributed by atoms with Crippen molar-refractivity contribution in [1.29, 1.82) is 0 Å². The second-order valence-electron chi connectivity index (χ2n) is 6.96. The summed E-state index contributed by atoms with van der Waals surface area (Å²) in [4.78, 5) is 0. The summed E-state index contributed by atoms with van der Waals surface area (Å²) in [6.07, 6.45) is 2.10. The number of aryl methyl sites for hydroxylation is 2. The molecule has 3 aromatic rings. The molecule has 0 radical (unpaired) electrons. The molecule has 0 bridgehead atoms. The molecule has 1 aromatic heterocycles. The maximum atomic E-state index is 8.45. The van der Waals surface area contributed by atoms with Crippen LogP contribution in [0.5, 0.6) is 0 Å². The lowest BCUT2D eigenvalue weighted by Crippen LogP contribution is -2.31. The lowest BCUT2D eigenvalue weighted by Gasteiger charge is -2.24. The molecule has 4 rings (SSSR count). The average molecular weight is 301 g/mol. The maximum absolute atomic E-state index is 8.45. The van der Waals surface area contributed by atoms with Crippen molar-refractivity contribution in [3.63, 3.8) is 0 Å². The van der Waals surface area contributed by atoms with Gasteiger partial charge >= 0.3 is 0 Å². The van der Waals surface area contributed by atoms with Crippen LogP contribution in [0.2, 0.25) is 0 Å². The van der Waals surface area contributed by atoms with E-state index in [1.807, 2.05) is 12.1 Å². The van der Waals surface area contributed by atoms with Crippen molar-refractivity contribution >= 4 is 0 Å². The molecule has 1 heteroatoms. The molecule has 114 valence electrons. The molecule has 0 fully saturated rings. The Kier molecular flexibility index (Phi) is 2.72. The molecule has 0 amide bonds. The van der Waals surface area contributed by atoms with Gasteiger partial charge in [0.25, 0.3) is 0 Å². The minimum absolute atomic E-state index is 0.173. The van der Waals surface area contributed by atoms with Crippen LogP contribution in [0, 0.1) is 6.92 Å². The Morgan fingerprint density at radius 1 is 0.957 bits per heavy atom. The van der Waals surface area contributed by atoms with E-state index >= 15 is 0 Å². The highest BCUT2D eigenvalue weighted by molar-refractivity contribution is 5.88. The lowest BCUT2D eigenvalue weighted by atomic mass is 9.78. The molecular formula is C22H22N+. The second kappa shape index (κ2) is 4.79. The molecule has 0 unspecified atom stereocenters. The summed E-state index contributed by atoms with van der Waals surface area (Å²) in [5.74, 6) is 0. The second-order valence-corrected chi connectivity index (χ2v) is 6.96. The van der Waals surface area contributed by atoms with Gasteiger partial charge in [-0.3, -0.25) is 0 Å². The summed E-state index contributed by atoms with van der Waals surface area (Å²) in [7, 11) is 2.10. The summed E-state index contributed by atoms with van der Waals surface area (Å²) in [6, 6.07) is 17.5. The Bertz CT molecular complexity index is 970. The zero-order chi connectivity index (χ0) is 17.1. The smallest absolute Gasteiger partial charge is 0.201 e. The maximum Gasteiger partial charge on any atom is 0.212 e. The first-order valence-corrected chi connectivity index (χ1v) is 8.12. The van der Waals surface area contributed by atoms with Gasteiger partial charge in [0.1, 0.15) is 7.05 Å². The van der Waals surface area contributed by atoms with Crippen molar-refractivity contribution in [3.8, 4) is 22.4 Å². The van der Waals surface area contributed by atoms with Crippen molar-refractivity contribution in [2.45, 2.75) is 26.2 Å². The molecule has 0 spiro atoms. The Morgan fingerprint density at radius 2 is 1.74 bits per heavy atom. The van der Waals surface area contributed by atoms with Gasteiger partial charge in [0, 0.05) is 17.5 Å². The summed E-state index contributed by atoms with van der Waals surface area (Å²) in [5.41, 5.74) is 8.60. The molecule has 1 nitrogen and oxygen atoms in total. The van der Waals surface area contributed by atoms with Gasteiger partial charge in [-0.1, -0.05) is 50.2 Å². The minimum Gasteiger partial charge on any atom is -0.201 e. The fourth-order valence-corrected chi connectivity index (χ4v) is 4.00. The highest BCUT2D eigenvalue weighted by Crippen LogP contribution is 2.52. The van der Waals surface area contributed by atoms with Gasteiger partial charge in [-0.15, -0.1) is 0 Å². The van der Waals surface area contributed by atoms with Gasteiger partial charge in [-0.05, 0) is 40.8 Å². The molecule has 0 saturated heterocycles. The monoisotopic (exact) mass is 301 g/mol. The normalized spacial score (nSPS) is 15.0. The van der Waals surface area contributed by atoms with E-state index in [9.17, 15) is 0 Å². The fourth-order valence-electron chi connectivity index (χ4n) is 4.00. The highest BCUT2D eigenvalue weighted by Gasteiger charge is 2.39. The van der Waals surface area contributed by atoms with Crippen LogP contribution in [0.4, 0.5) is 0 Å². The van der Waals surface area contributed by atoms with Crippen molar-refractivity contribution in [2.24, 2.45) is 7.05 Å². The van der Waals surface area contributed by atoms with E-state index in [-0.39, 0.29) is 5.41 Å². The van der Waals surface area contributed by atoms with Gasteiger partial charge in [-0.25, -0.2) is 4.57 Å². The Balaban J connectivity index is 2.13. The van der Waals surface area contributed by atoms with Crippen LogP contribution in [0.3, 0.4) is 0 Å². The van der Waals surface area contributed by atoms with E-state index in [1.165, 1.54) is 33.5 Å². The molecule has 0 saturated carbocycles. The van der Waals surface area contributed by atoms with Crippen LogP contribution < -0.4 is 4.57 Å². The molecule has 1 aliphatic rings. The van der Waals surface area contributed by atoms with Crippen molar-refractivity contribution in [1.82, 2.24) is 0 Å². The third-order valence-electron chi connectivity index (χ3n) is 5.12. The number of rotatable bonds is 1. The van der Waals surface area contributed by atoms with Crippen molar-refractivity contribution in [2.75, 3.05) is 0 Å². The fraction of sp³-hybridized carbons (Fsp3) is 0.227. The van der Waals surface area contributed by atoms with E-state index in [1.54, 1.807) is 0 Å². The van der Waals surface area contributed by atoms with Gasteiger partial charge in [-0.2, -0.15) is 0 Å². The van der Waals surface area contributed by atoms with Crippen molar-refractivity contribution < 1.29 is 5.94 Å². The Hall–Kier alpha value is -2.41. The zero-order valence-corrected chi connectivity index (χ0v) is 14.1. The van der Waals surface area contributed by atoms with Gasteiger partial charge < -0.3 is 0 Å². The molecule has 0 aliphatic heterocycles. The van der Waals surface area contributed by atoms with Gasteiger partial charge in [0.15, 0.2) is 6.20 Å². The van der Waals surface area contributed by atoms with E-state index in [0.29, 0.717) is 6.04 Å². The lowest BCUT2D eigenvalue weighted by molar-refractivity contribution is -0.660. The Labute approximate surface area is 139 Å². The largest absolute Gasteiger partial charge is 0.212 e. The van der Waals surface area contributed by atoms with Crippen LogP contribution in [0.25, 0.3) is 22.4 Å². The first kappa shape index (κ1) is 13.1.